The van der Waals surface area contributed by atoms with Crippen LogP contribution in [-0.2, 0) is 9.59 Å². The fourth-order valence-electron chi connectivity index (χ4n) is 2.71. The van der Waals surface area contributed by atoms with E-state index >= 15 is 0 Å². The largest absolute Gasteiger partial charge is 0.342 e. The molecule has 6 heteroatoms. The van der Waals surface area contributed by atoms with Crippen molar-refractivity contribution in [2.24, 2.45) is 0 Å². The minimum Gasteiger partial charge on any atom is -0.342 e. The van der Waals surface area contributed by atoms with E-state index in [2.05, 4.69) is 17.6 Å². The number of nitrogens with one attached hydrogen (secondary N) is 3. The molecular weight excluding hydrogens is 290 g/mol. The summed E-state index contributed by atoms with van der Waals surface area (Å²) in [5.41, 5.74) is 0.557. The molecule has 0 aliphatic carbocycles. The predicted molar refractivity (Wildman–Crippen MR) is 82.5 cm³/mol. The second-order valence-corrected chi connectivity index (χ2v) is 5.71. The molecule has 1 aromatic rings. The lowest BCUT2D eigenvalue weighted by molar-refractivity contribution is -0.909. The zero-order valence-electron chi connectivity index (χ0n) is 12.1. The number of carbonyl (C=O) groups is 2. The quantitative estimate of drug-likeness (QED) is 0.708. The summed E-state index contributed by atoms with van der Waals surface area (Å²) >= 11 is 5.77. The van der Waals surface area contributed by atoms with E-state index in [1.165, 1.54) is 11.3 Å². The number of hydrogen-bond acceptors (Lipinski definition) is 2. The Kier molecular flexibility index (Phi) is 5.59. The van der Waals surface area contributed by atoms with Crippen LogP contribution >= 0.6 is 11.6 Å². The molecule has 0 radical (unpaired) electrons. The van der Waals surface area contributed by atoms with E-state index in [0.717, 1.165) is 19.5 Å². The standard InChI is InChI=1S/C15H20ClN3O2/c1-2-19-9-3-4-13(19)10-17-14(20)15(21)18-12-7-5-11(16)6-8-12/h5-8,13H,2-4,9-10H2,1H3,(H,17,20)(H,18,21)/p+1/t13-/m0/s1. The van der Waals surface area contributed by atoms with Crippen molar-refractivity contribution in [2.45, 2.75) is 25.8 Å². The molecule has 0 bridgehead atoms. The van der Waals surface area contributed by atoms with E-state index in [9.17, 15) is 9.59 Å². The highest BCUT2D eigenvalue weighted by Crippen LogP contribution is 2.13. The van der Waals surface area contributed by atoms with Crippen molar-refractivity contribution in [1.82, 2.24) is 5.32 Å². The first-order valence-corrected chi connectivity index (χ1v) is 7.67. The van der Waals surface area contributed by atoms with Gasteiger partial charge in [0, 0.05) is 23.6 Å². The first kappa shape index (κ1) is 15.8. The fourth-order valence-corrected chi connectivity index (χ4v) is 2.84. The Morgan fingerprint density at radius 3 is 2.67 bits per heavy atom. The van der Waals surface area contributed by atoms with Crippen LogP contribution < -0.4 is 15.5 Å². The Bertz CT molecular complexity index is 504. The summed E-state index contributed by atoms with van der Waals surface area (Å²) in [6.45, 7) is 4.89. The van der Waals surface area contributed by atoms with Crippen molar-refractivity contribution in [3.8, 4) is 0 Å². The lowest BCUT2D eigenvalue weighted by Gasteiger charge is -2.19. The van der Waals surface area contributed by atoms with E-state index in [-0.39, 0.29) is 0 Å². The van der Waals surface area contributed by atoms with Gasteiger partial charge in [0.05, 0.1) is 19.6 Å². The monoisotopic (exact) mass is 310 g/mol. The third-order valence-electron chi connectivity index (χ3n) is 3.90. The Morgan fingerprint density at radius 2 is 2.00 bits per heavy atom. The van der Waals surface area contributed by atoms with Crippen LogP contribution in [0, 0.1) is 0 Å². The number of benzene rings is 1. The first-order valence-electron chi connectivity index (χ1n) is 7.29. The molecule has 3 N–H and O–H groups in total. The Balaban J connectivity index is 1.80. The molecule has 1 aliphatic rings. The van der Waals surface area contributed by atoms with Gasteiger partial charge in [-0.2, -0.15) is 0 Å². The minimum absolute atomic E-state index is 0.419. The molecule has 2 atom stereocenters. The van der Waals surface area contributed by atoms with Crippen molar-refractivity contribution in [3.05, 3.63) is 29.3 Å². The van der Waals surface area contributed by atoms with Crippen molar-refractivity contribution >= 4 is 29.1 Å². The van der Waals surface area contributed by atoms with Crippen molar-refractivity contribution < 1.29 is 14.5 Å². The molecule has 1 saturated heterocycles. The minimum atomic E-state index is -0.645. The van der Waals surface area contributed by atoms with Crippen molar-refractivity contribution in [2.75, 3.05) is 25.0 Å². The maximum atomic E-state index is 11.8. The molecule has 0 saturated carbocycles. The summed E-state index contributed by atoms with van der Waals surface area (Å²) in [5.74, 6) is -1.24. The number of rotatable bonds is 4. The van der Waals surface area contributed by atoms with E-state index in [4.69, 9.17) is 11.6 Å². The molecule has 21 heavy (non-hydrogen) atoms. The highest BCUT2D eigenvalue weighted by Gasteiger charge is 2.27. The van der Waals surface area contributed by atoms with E-state index < -0.39 is 11.8 Å². The van der Waals surface area contributed by atoms with Gasteiger partial charge in [-0.05, 0) is 31.2 Å². The highest BCUT2D eigenvalue weighted by molar-refractivity contribution is 6.39. The molecule has 5 nitrogen and oxygen atoms in total. The zero-order valence-corrected chi connectivity index (χ0v) is 12.9. The number of quaternary nitrogens is 1. The zero-order chi connectivity index (χ0) is 15.2. The van der Waals surface area contributed by atoms with Gasteiger partial charge in [0.15, 0.2) is 0 Å². The molecule has 2 rings (SSSR count). The van der Waals surface area contributed by atoms with Crippen LogP contribution in [0.25, 0.3) is 0 Å². The third-order valence-corrected chi connectivity index (χ3v) is 4.15. The number of likely N-dealkylation sites (N-methyl/N-ethyl adjacent to an activating group) is 1. The molecule has 1 heterocycles. The second kappa shape index (κ2) is 7.43. The van der Waals surface area contributed by atoms with Crippen LogP contribution in [0.15, 0.2) is 24.3 Å². The van der Waals surface area contributed by atoms with Gasteiger partial charge >= 0.3 is 11.8 Å². The second-order valence-electron chi connectivity index (χ2n) is 5.27. The molecule has 1 aromatic carbocycles. The van der Waals surface area contributed by atoms with Gasteiger partial charge in [0.25, 0.3) is 0 Å². The molecule has 1 unspecified atom stereocenters. The van der Waals surface area contributed by atoms with E-state index in [1.54, 1.807) is 24.3 Å². The van der Waals surface area contributed by atoms with Crippen LogP contribution in [-0.4, -0.2) is 37.5 Å². The molecule has 1 aliphatic heterocycles. The van der Waals surface area contributed by atoms with Gasteiger partial charge in [-0.15, -0.1) is 0 Å². The fraction of sp³-hybridized carbons (Fsp3) is 0.467. The number of halogens is 1. The maximum Gasteiger partial charge on any atom is 0.313 e. The number of amides is 2. The number of hydrogen-bond donors (Lipinski definition) is 3. The first-order chi connectivity index (χ1) is 10.1. The van der Waals surface area contributed by atoms with Crippen molar-refractivity contribution in [1.29, 1.82) is 0 Å². The van der Waals surface area contributed by atoms with Gasteiger partial charge in [-0.1, -0.05) is 11.6 Å². The summed E-state index contributed by atoms with van der Waals surface area (Å²) in [5, 5.41) is 5.86. The third kappa shape index (κ3) is 4.44. The predicted octanol–water partition coefficient (Wildman–Crippen LogP) is 0.462. The number of carbonyl (C=O) groups excluding carboxylic acids is 2. The highest BCUT2D eigenvalue weighted by atomic mass is 35.5. The number of likely N-dealkylation sites (tertiary alicyclic amines) is 1. The lowest BCUT2D eigenvalue weighted by Crippen LogP contribution is -3.14. The molecule has 1 fully saturated rings. The molecule has 2 amide bonds. The average Bonchev–Trinajstić information content (AvgIpc) is 2.94. The van der Waals surface area contributed by atoms with Gasteiger partial charge in [-0.25, -0.2) is 0 Å². The Hall–Kier alpha value is -1.59. The topological polar surface area (TPSA) is 62.6 Å². The van der Waals surface area contributed by atoms with Crippen molar-refractivity contribution in [3.63, 3.8) is 0 Å². The summed E-state index contributed by atoms with van der Waals surface area (Å²) in [6.07, 6.45) is 2.28. The van der Waals surface area contributed by atoms with Crippen LogP contribution in [0.4, 0.5) is 5.69 Å². The summed E-state index contributed by atoms with van der Waals surface area (Å²) in [6, 6.07) is 7.06. The van der Waals surface area contributed by atoms with Gasteiger partial charge in [0.2, 0.25) is 0 Å². The summed E-state index contributed by atoms with van der Waals surface area (Å²) in [4.78, 5) is 25.1. The average molecular weight is 311 g/mol. The van der Waals surface area contributed by atoms with E-state index in [0.29, 0.717) is 23.3 Å². The number of anilines is 1. The van der Waals surface area contributed by atoms with Gasteiger partial charge in [-0.3, -0.25) is 9.59 Å². The Labute approximate surface area is 129 Å². The van der Waals surface area contributed by atoms with Crippen LogP contribution in [0.3, 0.4) is 0 Å². The van der Waals surface area contributed by atoms with Crippen LogP contribution in [0.2, 0.25) is 5.02 Å². The molecule has 0 spiro atoms. The van der Waals surface area contributed by atoms with Gasteiger partial charge < -0.3 is 15.5 Å². The molecule has 0 aromatic heterocycles. The van der Waals surface area contributed by atoms with Crippen LogP contribution in [0.5, 0.6) is 0 Å². The maximum absolute atomic E-state index is 11.8. The summed E-state index contributed by atoms with van der Waals surface area (Å²) < 4.78 is 0. The Morgan fingerprint density at radius 1 is 1.29 bits per heavy atom. The smallest absolute Gasteiger partial charge is 0.313 e. The SMILES string of the molecule is CC[NH+]1CCC[C@H]1CNC(=O)C(=O)Nc1ccc(Cl)cc1. The molecule has 114 valence electrons. The molecular formula is C15H21ClN3O2+. The normalized spacial score (nSPS) is 21.0. The summed E-state index contributed by atoms with van der Waals surface area (Å²) in [7, 11) is 0. The van der Waals surface area contributed by atoms with E-state index in [1.807, 2.05) is 0 Å². The lowest BCUT2D eigenvalue weighted by atomic mass is 10.2. The van der Waals surface area contributed by atoms with Gasteiger partial charge in [0.1, 0.15) is 6.04 Å². The van der Waals surface area contributed by atoms with Crippen LogP contribution in [0.1, 0.15) is 19.8 Å².